The van der Waals surface area contributed by atoms with E-state index in [-0.39, 0.29) is 29.4 Å². The van der Waals surface area contributed by atoms with E-state index in [0.29, 0.717) is 12.2 Å². The molecule has 0 rings (SSSR count). The quantitative estimate of drug-likeness (QED) is 0.561. The van der Waals surface area contributed by atoms with E-state index in [1.54, 1.807) is 0 Å². The normalized spacial score (nSPS) is 11.8. The van der Waals surface area contributed by atoms with Gasteiger partial charge in [-0.1, -0.05) is 25.6 Å². The van der Waals surface area contributed by atoms with Crippen LogP contribution in [-0.2, 0) is 19.2 Å². The van der Waals surface area contributed by atoms with Gasteiger partial charge >= 0.3 is 5.97 Å². The maximum atomic E-state index is 12.0. The SMILES string of the molecule is CC(=O)SCC(CC(C)C)C(=O)NCC(=O)NCC(=O)O. The molecule has 0 spiro atoms. The Labute approximate surface area is 128 Å². The molecule has 0 aliphatic carbocycles. The summed E-state index contributed by atoms with van der Waals surface area (Å²) >= 11 is 1.08. The highest BCUT2D eigenvalue weighted by Crippen LogP contribution is 2.18. The maximum Gasteiger partial charge on any atom is 0.322 e. The first-order valence-corrected chi connectivity index (χ1v) is 7.60. The zero-order chi connectivity index (χ0) is 16.4. The lowest BCUT2D eigenvalue weighted by molar-refractivity contribution is -0.137. The number of nitrogens with one attached hydrogen (secondary N) is 2. The van der Waals surface area contributed by atoms with Gasteiger partial charge in [-0.05, 0) is 12.3 Å². The van der Waals surface area contributed by atoms with Crippen molar-refractivity contribution in [1.29, 1.82) is 0 Å². The van der Waals surface area contributed by atoms with Crippen LogP contribution >= 0.6 is 11.8 Å². The monoisotopic (exact) mass is 318 g/mol. The van der Waals surface area contributed by atoms with Crippen molar-refractivity contribution in [3.63, 3.8) is 0 Å². The van der Waals surface area contributed by atoms with E-state index < -0.39 is 18.4 Å². The van der Waals surface area contributed by atoms with Crippen LogP contribution in [0.1, 0.15) is 27.2 Å². The first-order valence-electron chi connectivity index (χ1n) is 6.62. The Morgan fingerprint density at radius 3 is 2.19 bits per heavy atom. The van der Waals surface area contributed by atoms with Crippen molar-refractivity contribution in [3.05, 3.63) is 0 Å². The number of rotatable bonds is 9. The Hall–Kier alpha value is -1.57. The largest absolute Gasteiger partial charge is 0.480 e. The molecule has 2 amide bonds. The average Bonchev–Trinajstić information content (AvgIpc) is 2.37. The minimum Gasteiger partial charge on any atom is -0.480 e. The Kier molecular flexibility index (Phi) is 9.44. The Morgan fingerprint density at radius 1 is 1.10 bits per heavy atom. The first-order chi connectivity index (χ1) is 9.72. The highest BCUT2D eigenvalue weighted by atomic mass is 32.2. The number of carbonyl (C=O) groups is 4. The molecule has 0 aliphatic rings. The van der Waals surface area contributed by atoms with Gasteiger partial charge in [0, 0.05) is 18.6 Å². The second-order valence-corrected chi connectivity index (χ2v) is 6.21. The van der Waals surface area contributed by atoms with Gasteiger partial charge in [0.05, 0.1) is 6.54 Å². The van der Waals surface area contributed by atoms with Crippen LogP contribution in [0.15, 0.2) is 0 Å². The van der Waals surface area contributed by atoms with Crippen LogP contribution in [0, 0.1) is 11.8 Å². The van der Waals surface area contributed by atoms with Crippen molar-refractivity contribution in [2.75, 3.05) is 18.8 Å². The number of carboxylic acids is 1. The number of aliphatic carboxylic acids is 1. The van der Waals surface area contributed by atoms with E-state index in [0.717, 1.165) is 11.8 Å². The third-order valence-corrected chi connectivity index (χ3v) is 3.45. The average molecular weight is 318 g/mol. The van der Waals surface area contributed by atoms with Crippen molar-refractivity contribution in [2.24, 2.45) is 11.8 Å². The molecule has 0 saturated carbocycles. The molecule has 7 nitrogen and oxygen atoms in total. The van der Waals surface area contributed by atoms with Crippen LogP contribution < -0.4 is 10.6 Å². The summed E-state index contributed by atoms with van der Waals surface area (Å²) < 4.78 is 0. The molecule has 0 bridgehead atoms. The number of hydrogen-bond donors (Lipinski definition) is 3. The van der Waals surface area contributed by atoms with Gasteiger partial charge in [0.2, 0.25) is 11.8 Å². The number of thioether (sulfide) groups is 1. The van der Waals surface area contributed by atoms with E-state index in [9.17, 15) is 19.2 Å². The Bertz CT molecular complexity index is 398. The molecule has 0 aromatic heterocycles. The zero-order valence-corrected chi connectivity index (χ0v) is 13.3. The predicted molar refractivity (Wildman–Crippen MR) is 79.7 cm³/mol. The van der Waals surface area contributed by atoms with Crippen LogP contribution in [-0.4, -0.2) is 46.8 Å². The Morgan fingerprint density at radius 2 is 1.71 bits per heavy atom. The van der Waals surface area contributed by atoms with Gasteiger partial charge in [-0.15, -0.1) is 0 Å². The fourth-order valence-corrected chi connectivity index (χ4v) is 2.31. The molecule has 0 aromatic rings. The molecule has 1 atom stereocenters. The van der Waals surface area contributed by atoms with Gasteiger partial charge in [-0.3, -0.25) is 19.2 Å². The molecular weight excluding hydrogens is 296 g/mol. The van der Waals surface area contributed by atoms with Gasteiger partial charge in [-0.25, -0.2) is 0 Å². The third-order valence-electron chi connectivity index (χ3n) is 2.47. The minimum atomic E-state index is -1.15. The summed E-state index contributed by atoms with van der Waals surface area (Å²) in [6, 6.07) is 0. The lowest BCUT2D eigenvalue weighted by Crippen LogP contribution is -2.41. The molecule has 1 unspecified atom stereocenters. The van der Waals surface area contributed by atoms with Gasteiger partial charge in [0.15, 0.2) is 5.12 Å². The summed E-state index contributed by atoms with van der Waals surface area (Å²) in [6.07, 6.45) is 0.614. The number of carbonyl (C=O) groups excluding carboxylic acids is 3. The van der Waals surface area contributed by atoms with Crippen LogP contribution in [0.5, 0.6) is 0 Å². The van der Waals surface area contributed by atoms with Crippen LogP contribution in [0.25, 0.3) is 0 Å². The molecule has 0 aromatic carbocycles. The first kappa shape index (κ1) is 19.4. The van der Waals surface area contributed by atoms with E-state index in [4.69, 9.17) is 5.11 Å². The van der Waals surface area contributed by atoms with Crippen LogP contribution in [0.4, 0.5) is 0 Å². The summed E-state index contributed by atoms with van der Waals surface area (Å²) in [4.78, 5) is 44.6. The van der Waals surface area contributed by atoms with Crippen molar-refractivity contribution in [1.82, 2.24) is 10.6 Å². The molecule has 0 fully saturated rings. The molecule has 3 N–H and O–H groups in total. The molecule has 0 heterocycles. The van der Waals surface area contributed by atoms with Crippen molar-refractivity contribution < 1.29 is 24.3 Å². The second kappa shape index (κ2) is 10.2. The van der Waals surface area contributed by atoms with Crippen molar-refractivity contribution >= 4 is 34.7 Å². The summed E-state index contributed by atoms with van der Waals surface area (Å²) in [6.45, 7) is 4.63. The molecular formula is C13H22N2O5S. The molecule has 0 radical (unpaired) electrons. The lowest BCUT2D eigenvalue weighted by atomic mass is 9.98. The molecule has 120 valence electrons. The molecule has 0 saturated heterocycles. The number of hydrogen-bond acceptors (Lipinski definition) is 5. The fraction of sp³-hybridized carbons (Fsp3) is 0.692. The fourth-order valence-electron chi connectivity index (χ4n) is 1.59. The summed E-state index contributed by atoms with van der Waals surface area (Å²) in [5, 5.41) is 13.0. The zero-order valence-electron chi connectivity index (χ0n) is 12.5. The molecule has 0 aliphatic heterocycles. The second-order valence-electron chi connectivity index (χ2n) is 5.02. The molecule has 8 heteroatoms. The number of carboxylic acid groups (broad SMARTS) is 1. The Balaban J connectivity index is 4.29. The highest BCUT2D eigenvalue weighted by Gasteiger charge is 2.21. The predicted octanol–water partition coefficient (Wildman–Crippen LogP) is 0.245. The topological polar surface area (TPSA) is 113 Å². The van der Waals surface area contributed by atoms with Crippen molar-refractivity contribution in [2.45, 2.75) is 27.2 Å². The van der Waals surface area contributed by atoms with Gasteiger partial charge in [0.1, 0.15) is 6.54 Å². The van der Waals surface area contributed by atoms with E-state index >= 15 is 0 Å². The maximum absolute atomic E-state index is 12.0. The highest BCUT2D eigenvalue weighted by molar-refractivity contribution is 8.13. The summed E-state index contributed by atoms with van der Waals surface area (Å²) in [5.41, 5.74) is 0. The summed E-state index contributed by atoms with van der Waals surface area (Å²) in [7, 11) is 0. The smallest absolute Gasteiger partial charge is 0.322 e. The lowest BCUT2D eigenvalue weighted by Gasteiger charge is -2.17. The number of amides is 2. The van der Waals surface area contributed by atoms with E-state index in [1.165, 1.54) is 6.92 Å². The van der Waals surface area contributed by atoms with Crippen LogP contribution in [0.2, 0.25) is 0 Å². The van der Waals surface area contributed by atoms with Gasteiger partial charge in [0.25, 0.3) is 0 Å². The standard InChI is InChI=1S/C13H22N2O5S/c1-8(2)4-10(7-21-9(3)16)13(20)15-5-11(17)14-6-12(18)19/h8,10H,4-7H2,1-3H3,(H,14,17)(H,15,20)(H,18,19). The molecule has 21 heavy (non-hydrogen) atoms. The van der Waals surface area contributed by atoms with Gasteiger partial charge < -0.3 is 15.7 Å². The third kappa shape index (κ3) is 10.8. The van der Waals surface area contributed by atoms with Crippen LogP contribution in [0.3, 0.4) is 0 Å². The van der Waals surface area contributed by atoms with E-state index in [2.05, 4.69) is 10.6 Å². The van der Waals surface area contributed by atoms with E-state index in [1.807, 2.05) is 13.8 Å². The minimum absolute atomic E-state index is 0.0595. The van der Waals surface area contributed by atoms with Crippen molar-refractivity contribution in [3.8, 4) is 0 Å². The summed E-state index contributed by atoms with van der Waals surface area (Å²) in [5.74, 6) is -1.71. The van der Waals surface area contributed by atoms with Gasteiger partial charge in [-0.2, -0.15) is 0 Å².